The molecular weight excluding hydrogens is 455 g/mol. The van der Waals surface area contributed by atoms with Gasteiger partial charge in [-0.05, 0) is 55.5 Å². The molecule has 1 N–H and O–H groups in total. The Kier molecular flexibility index (Phi) is 6.80. The van der Waals surface area contributed by atoms with Crippen LogP contribution in [0.1, 0.15) is 44.1 Å². The third-order valence-electron chi connectivity index (χ3n) is 6.26. The van der Waals surface area contributed by atoms with Gasteiger partial charge in [-0.2, -0.15) is 0 Å². The van der Waals surface area contributed by atoms with Gasteiger partial charge in [-0.25, -0.2) is 8.42 Å². The molecule has 0 bridgehead atoms. The number of amides is 1. The highest BCUT2D eigenvalue weighted by Crippen LogP contribution is 2.36. The Morgan fingerprint density at radius 2 is 1.61 bits per heavy atom. The molecule has 166 valence electrons. The number of benzene rings is 2. The zero-order valence-corrected chi connectivity index (χ0v) is 19.5. The Bertz CT molecular complexity index is 1030. The fourth-order valence-corrected chi connectivity index (χ4v) is 6.33. The quantitative estimate of drug-likeness (QED) is 0.591. The number of hydrogen-bond acceptors (Lipinski definition) is 3. The lowest BCUT2D eigenvalue weighted by molar-refractivity contribution is -0.133. The second-order valence-corrected chi connectivity index (χ2v) is 10.8. The van der Waals surface area contributed by atoms with Gasteiger partial charge >= 0.3 is 0 Å². The van der Waals surface area contributed by atoms with Crippen LogP contribution in [0.2, 0.25) is 10.0 Å². The van der Waals surface area contributed by atoms with Crippen molar-refractivity contribution in [2.75, 3.05) is 11.3 Å². The van der Waals surface area contributed by atoms with E-state index in [1.807, 2.05) is 4.90 Å². The van der Waals surface area contributed by atoms with E-state index in [9.17, 15) is 13.2 Å². The van der Waals surface area contributed by atoms with Crippen molar-refractivity contribution in [1.82, 2.24) is 4.90 Å². The van der Waals surface area contributed by atoms with Crippen LogP contribution in [0.3, 0.4) is 0 Å². The molecule has 31 heavy (non-hydrogen) atoms. The molecule has 1 amide bonds. The SMILES string of the molecule is O=C1C(Cc2c(Cl)cc(NS(=O)(=O)c3ccccc3)cc2Cl)CCN1C1CCCCC1. The lowest BCUT2D eigenvalue weighted by Gasteiger charge is -2.31. The van der Waals surface area contributed by atoms with Crippen LogP contribution in [0.25, 0.3) is 0 Å². The highest BCUT2D eigenvalue weighted by molar-refractivity contribution is 7.92. The van der Waals surface area contributed by atoms with Gasteiger partial charge in [-0.15, -0.1) is 0 Å². The third kappa shape index (κ3) is 5.02. The minimum absolute atomic E-state index is 0.135. The first-order valence-electron chi connectivity index (χ1n) is 10.7. The number of likely N-dealkylation sites (tertiary alicyclic amines) is 1. The lowest BCUT2D eigenvalue weighted by Crippen LogP contribution is -2.39. The number of carbonyl (C=O) groups is 1. The normalized spacial score (nSPS) is 20.3. The molecule has 1 saturated carbocycles. The molecule has 0 radical (unpaired) electrons. The number of nitrogens with zero attached hydrogens (tertiary/aromatic N) is 1. The van der Waals surface area contributed by atoms with Crippen LogP contribution in [0.15, 0.2) is 47.4 Å². The zero-order valence-electron chi connectivity index (χ0n) is 17.2. The third-order valence-corrected chi connectivity index (χ3v) is 8.34. The molecule has 1 aliphatic carbocycles. The van der Waals surface area contributed by atoms with Crippen LogP contribution < -0.4 is 4.72 Å². The van der Waals surface area contributed by atoms with Crippen LogP contribution in [0.4, 0.5) is 5.69 Å². The molecule has 4 rings (SSSR count). The molecule has 1 saturated heterocycles. The Morgan fingerprint density at radius 1 is 0.968 bits per heavy atom. The van der Waals surface area contributed by atoms with E-state index < -0.39 is 10.0 Å². The Labute approximate surface area is 193 Å². The Hall–Kier alpha value is -1.76. The predicted molar refractivity (Wildman–Crippen MR) is 124 cm³/mol. The fourth-order valence-electron chi connectivity index (χ4n) is 4.62. The Balaban J connectivity index is 1.47. The average molecular weight is 481 g/mol. The molecule has 0 spiro atoms. The number of sulfonamides is 1. The van der Waals surface area contributed by atoms with Gasteiger partial charge in [0, 0.05) is 28.5 Å². The van der Waals surface area contributed by atoms with Crippen LogP contribution in [-0.4, -0.2) is 31.8 Å². The van der Waals surface area contributed by atoms with Gasteiger partial charge in [0.25, 0.3) is 10.0 Å². The van der Waals surface area contributed by atoms with Gasteiger partial charge < -0.3 is 4.90 Å². The molecule has 8 heteroatoms. The summed E-state index contributed by atoms with van der Waals surface area (Å²) in [4.78, 5) is 15.2. The van der Waals surface area contributed by atoms with Gasteiger partial charge in [0.15, 0.2) is 0 Å². The molecule has 5 nitrogen and oxygen atoms in total. The molecule has 1 aliphatic heterocycles. The summed E-state index contributed by atoms with van der Waals surface area (Å²) in [5.74, 6) is 0.0525. The number of rotatable bonds is 6. The summed E-state index contributed by atoms with van der Waals surface area (Å²) < 4.78 is 27.7. The van der Waals surface area contributed by atoms with Gasteiger partial charge in [-0.3, -0.25) is 9.52 Å². The molecular formula is C23H26Cl2N2O3S. The van der Waals surface area contributed by atoms with Crippen molar-refractivity contribution in [3.05, 3.63) is 58.1 Å². The largest absolute Gasteiger partial charge is 0.339 e. The van der Waals surface area contributed by atoms with E-state index in [2.05, 4.69) is 4.72 Å². The second-order valence-electron chi connectivity index (χ2n) is 8.35. The van der Waals surface area contributed by atoms with Crippen molar-refractivity contribution >= 4 is 44.8 Å². The summed E-state index contributed by atoms with van der Waals surface area (Å²) in [5.41, 5.74) is 0.985. The molecule has 2 aromatic carbocycles. The van der Waals surface area contributed by atoms with E-state index in [1.165, 1.54) is 31.4 Å². The lowest BCUT2D eigenvalue weighted by atomic mass is 9.94. The zero-order chi connectivity index (χ0) is 22.0. The molecule has 2 fully saturated rings. The minimum atomic E-state index is -3.74. The first kappa shape index (κ1) is 22.4. The van der Waals surface area contributed by atoms with Gasteiger partial charge in [-0.1, -0.05) is 60.7 Å². The van der Waals surface area contributed by atoms with Crippen molar-refractivity contribution in [2.24, 2.45) is 5.92 Å². The van der Waals surface area contributed by atoms with Crippen LogP contribution in [0, 0.1) is 5.92 Å². The summed E-state index contributed by atoms with van der Waals surface area (Å²) in [5, 5.41) is 0.726. The van der Waals surface area contributed by atoms with E-state index in [4.69, 9.17) is 23.2 Å². The first-order valence-corrected chi connectivity index (χ1v) is 13.0. The van der Waals surface area contributed by atoms with E-state index in [1.54, 1.807) is 30.3 Å². The summed E-state index contributed by atoms with van der Waals surface area (Å²) in [6.45, 7) is 0.790. The summed E-state index contributed by atoms with van der Waals surface area (Å²) in [7, 11) is -3.74. The topological polar surface area (TPSA) is 66.5 Å². The van der Waals surface area contributed by atoms with Crippen molar-refractivity contribution in [3.63, 3.8) is 0 Å². The van der Waals surface area contributed by atoms with Gasteiger partial charge in [0.2, 0.25) is 5.91 Å². The Morgan fingerprint density at radius 3 is 2.26 bits per heavy atom. The van der Waals surface area contributed by atoms with E-state index in [0.29, 0.717) is 33.8 Å². The van der Waals surface area contributed by atoms with Crippen LogP contribution in [-0.2, 0) is 21.2 Å². The first-order chi connectivity index (χ1) is 14.8. The highest BCUT2D eigenvalue weighted by Gasteiger charge is 2.36. The number of hydrogen-bond donors (Lipinski definition) is 1. The number of anilines is 1. The molecule has 1 heterocycles. The predicted octanol–water partition coefficient (Wildman–Crippen LogP) is 5.52. The van der Waals surface area contributed by atoms with E-state index in [0.717, 1.165) is 25.8 Å². The minimum Gasteiger partial charge on any atom is -0.339 e. The smallest absolute Gasteiger partial charge is 0.261 e. The molecule has 2 aliphatic rings. The fraction of sp³-hybridized carbons (Fsp3) is 0.435. The number of nitrogens with one attached hydrogen (secondary N) is 1. The molecule has 2 aromatic rings. The molecule has 1 unspecified atom stereocenters. The number of halogens is 2. The highest BCUT2D eigenvalue weighted by atomic mass is 35.5. The molecule has 0 aromatic heterocycles. The van der Waals surface area contributed by atoms with Crippen molar-refractivity contribution < 1.29 is 13.2 Å². The van der Waals surface area contributed by atoms with Crippen molar-refractivity contribution in [2.45, 2.75) is 55.9 Å². The summed E-state index contributed by atoms with van der Waals surface area (Å²) in [6.07, 6.45) is 7.09. The van der Waals surface area contributed by atoms with Gasteiger partial charge in [0.05, 0.1) is 10.6 Å². The van der Waals surface area contributed by atoms with E-state index in [-0.39, 0.29) is 16.7 Å². The van der Waals surface area contributed by atoms with Crippen molar-refractivity contribution in [3.8, 4) is 0 Å². The van der Waals surface area contributed by atoms with Crippen LogP contribution in [0.5, 0.6) is 0 Å². The average Bonchev–Trinajstić information content (AvgIpc) is 3.12. The van der Waals surface area contributed by atoms with E-state index >= 15 is 0 Å². The summed E-state index contributed by atoms with van der Waals surface area (Å²) in [6, 6.07) is 11.6. The summed E-state index contributed by atoms with van der Waals surface area (Å²) >= 11 is 13.0. The number of carbonyl (C=O) groups excluding carboxylic acids is 1. The monoisotopic (exact) mass is 480 g/mol. The second kappa shape index (κ2) is 9.39. The van der Waals surface area contributed by atoms with Crippen molar-refractivity contribution in [1.29, 1.82) is 0 Å². The standard InChI is InChI=1S/C23H26Cl2N2O3S/c24-21-14-17(26-31(29,30)19-9-5-2-6-10-19)15-22(25)20(21)13-16-11-12-27(23(16)28)18-7-3-1-4-8-18/h2,5-6,9-10,14-16,18,26H,1,3-4,7-8,11-13H2. The van der Waals surface area contributed by atoms with Gasteiger partial charge in [0.1, 0.15) is 0 Å². The molecule has 1 atom stereocenters. The van der Waals surface area contributed by atoms with Crippen LogP contribution >= 0.6 is 23.2 Å². The maximum Gasteiger partial charge on any atom is 0.261 e. The maximum absolute atomic E-state index is 13.0. The maximum atomic E-state index is 13.0.